The Morgan fingerprint density at radius 3 is 3.00 bits per heavy atom. The van der Waals surface area contributed by atoms with Crippen molar-refractivity contribution in [3.05, 3.63) is 35.0 Å². The van der Waals surface area contributed by atoms with Gasteiger partial charge in [-0.05, 0) is 25.1 Å². The van der Waals surface area contributed by atoms with Gasteiger partial charge in [0, 0.05) is 5.02 Å². The van der Waals surface area contributed by atoms with Crippen LogP contribution in [0.2, 0.25) is 5.02 Å². The van der Waals surface area contributed by atoms with Crippen LogP contribution in [0, 0.1) is 6.92 Å². The second kappa shape index (κ2) is 5.62. The lowest BCUT2D eigenvalue weighted by Gasteiger charge is -2.06. The average molecular weight is 281 g/mol. The van der Waals surface area contributed by atoms with Crippen molar-refractivity contribution in [3.63, 3.8) is 0 Å². The average Bonchev–Trinajstić information content (AvgIpc) is 2.69. The van der Waals surface area contributed by atoms with E-state index in [1.54, 1.807) is 31.2 Å². The maximum Gasteiger partial charge on any atom is 0.263 e. The molecule has 0 aliphatic heterocycles. The van der Waals surface area contributed by atoms with E-state index < -0.39 is 0 Å². The third kappa shape index (κ3) is 3.38. The van der Waals surface area contributed by atoms with Crippen LogP contribution in [0.1, 0.15) is 5.69 Å². The van der Waals surface area contributed by atoms with Gasteiger partial charge < -0.3 is 15.8 Å². The minimum atomic E-state index is -0.349. The second-order valence-corrected chi connectivity index (χ2v) is 4.34. The number of nitrogens with two attached hydrogens (primary N) is 1. The summed E-state index contributed by atoms with van der Waals surface area (Å²) in [7, 11) is 0. The first-order chi connectivity index (χ1) is 9.06. The predicted molar refractivity (Wildman–Crippen MR) is 73.3 cm³/mol. The Morgan fingerprint density at radius 2 is 2.37 bits per heavy atom. The Morgan fingerprint density at radius 1 is 1.58 bits per heavy atom. The highest BCUT2D eigenvalue weighted by Gasteiger charge is 2.10. The van der Waals surface area contributed by atoms with Crippen molar-refractivity contribution in [2.45, 2.75) is 6.92 Å². The number of anilines is 2. The van der Waals surface area contributed by atoms with Crippen LogP contribution in [0.5, 0.6) is 5.75 Å². The number of aryl methyl sites for hydroxylation is 1. The Labute approximate surface area is 114 Å². The lowest BCUT2D eigenvalue weighted by atomic mass is 10.3. The molecule has 4 N–H and O–H groups in total. The Kier molecular flexibility index (Phi) is 3.91. The summed E-state index contributed by atoms with van der Waals surface area (Å²) in [5, 5.41) is 9.64. The van der Waals surface area contributed by atoms with Crippen molar-refractivity contribution in [1.29, 1.82) is 0 Å². The second-order valence-electron chi connectivity index (χ2n) is 3.91. The summed E-state index contributed by atoms with van der Waals surface area (Å²) in [5.41, 5.74) is 6.82. The summed E-state index contributed by atoms with van der Waals surface area (Å²) in [6.07, 6.45) is 0. The standard InChI is InChI=1S/C12H13ClN4O2/c1-7-11(14)12(17-16-7)15-10(18)6-19-9-4-2-3-8(13)5-9/h2-5H,6,14H2,1H3,(H2,15,16,17,18). The number of nitrogen functional groups attached to an aromatic ring is 1. The molecule has 0 aliphatic carbocycles. The largest absolute Gasteiger partial charge is 0.484 e. The van der Waals surface area contributed by atoms with E-state index in [1.165, 1.54) is 0 Å². The molecule has 1 aromatic heterocycles. The number of H-pyrrole nitrogens is 1. The van der Waals surface area contributed by atoms with Crippen molar-refractivity contribution < 1.29 is 9.53 Å². The first-order valence-corrected chi connectivity index (χ1v) is 5.92. The van der Waals surface area contributed by atoms with Crippen molar-refractivity contribution in [2.24, 2.45) is 0 Å². The molecule has 0 unspecified atom stereocenters. The van der Waals surface area contributed by atoms with Gasteiger partial charge in [0.1, 0.15) is 5.75 Å². The van der Waals surface area contributed by atoms with E-state index in [9.17, 15) is 4.79 Å². The first-order valence-electron chi connectivity index (χ1n) is 5.55. The molecule has 2 aromatic rings. The molecule has 1 heterocycles. The topological polar surface area (TPSA) is 93.0 Å². The van der Waals surface area contributed by atoms with E-state index in [1.807, 2.05) is 0 Å². The molecule has 19 heavy (non-hydrogen) atoms. The van der Waals surface area contributed by atoms with Crippen LogP contribution < -0.4 is 15.8 Å². The number of aromatic amines is 1. The highest BCUT2D eigenvalue weighted by molar-refractivity contribution is 6.30. The molecule has 7 heteroatoms. The number of ether oxygens (including phenoxy) is 1. The number of benzene rings is 1. The van der Waals surface area contributed by atoms with E-state index in [4.69, 9.17) is 22.1 Å². The van der Waals surface area contributed by atoms with E-state index in [-0.39, 0.29) is 12.5 Å². The van der Waals surface area contributed by atoms with Crippen LogP contribution in [0.4, 0.5) is 11.5 Å². The van der Waals surface area contributed by atoms with E-state index in [2.05, 4.69) is 15.5 Å². The molecule has 0 spiro atoms. The maximum atomic E-state index is 11.7. The van der Waals surface area contributed by atoms with Gasteiger partial charge in [-0.3, -0.25) is 9.89 Å². The van der Waals surface area contributed by atoms with Crippen molar-refractivity contribution in [2.75, 3.05) is 17.7 Å². The lowest BCUT2D eigenvalue weighted by Crippen LogP contribution is -2.21. The lowest BCUT2D eigenvalue weighted by molar-refractivity contribution is -0.118. The van der Waals surface area contributed by atoms with Crippen LogP contribution in [-0.2, 0) is 4.79 Å². The Hall–Kier alpha value is -2.21. The number of hydrogen-bond donors (Lipinski definition) is 3. The van der Waals surface area contributed by atoms with Gasteiger partial charge in [0.05, 0.1) is 11.4 Å². The summed E-state index contributed by atoms with van der Waals surface area (Å²) in [5.74, 6) is 0.476. The van der Waals surface area contributed by atoms with Gasteiger partial charge in [0.2, 0.25) is 0 Å². The van der Waals surface area contributed by atoms with Gasteiger partial charge in [-0.25, -0.2) is 0 Å². The Bertz CT molecular complexity index is 597. The molecule has 100 valence electrons. The van der Waals surface area contributed by atoms with Crippen LogP contribution in [0.25, 0.3) is 0 Å². The molecule has 0 atom stereocenters. The summed E-state index contributed by atoms with van der Waals surface area (Å²) >= 11 is 5.80. The van der Waals surface area contributed by atoms with E-state index in [0.717, 1.165) is 0 Å². The van der Waals surface area contributed by atoms with Crippen molar-refractivity contribution in [3.8, 4) is 5.75 Å². The molecular weight excluding hydrogens is 268 g/mol. The van der Waals surface area contributed by atoms with Crippen LogP contribution in [0.3, 0.4) is 0 Å². The zero-order chi connectivity index (χ0) is 13.8. The fourth-order valence-corrected chi connectivity index (χ4v) is 1.59. The molecule has 0 aliphatic rings. The zero-order valence-electron chi connectivity index (χ0n) is 10.2. The van der Waals surface area contributed by atoms with Gasteiger partial charge in [-0.1, -0.05) is 17.7 Å². The molecule has 1 aromatic carbocycles. The van der Waals surface area contributed by atoms with Crippen molar-refractivity contribution >= 4 is 29.0 Å². The molecular formula is C12H13ClN4O2. The van der Waals surface area contributed by atoms with Crippen LogP contribution >= 0.6 is 11.6 Å². The predicted octanol–water partition coefficient (Wildman–Crippen LogP) is 1.97. The number of carbonyl (C=O) groups is 1. The van der Waals surface area contributed by atoms with E-state index >= 15 is 0 Å². The summed E-state index contributed by atoms with van der Waals surface area (Å²) < 4.78 is 5.29. The highest BCUT2D eigenvalue weighted by atomic mass is 35.5. The molecule has 6 nitrogen and oxygen atoms in total. The first kappa shape index (κ1) is 13.2. The highest BCUT2D eigenvalue weighted by Crippen LogP contribution is 2.19. The minimum absolute atomic E-state index is 0.147. The summed E-state index contributed by atoms with van der Waals surface area (Å²) in [6, 6.07) is 6.81. The number of rotatable bonds is 4. The monoisotopic (exact) mass is 280 g/mol. The molecule has 0 bridgehead atoms. The van der Waals surface area contributed by atoms with Gasteiger partial charge in [-0.2, -0.15) is 5.10 Å². The number of amides is 1. The normalized spacial score (nSPS) is 10.2. The third-order valence-electron chi connectivity index (χ3n) is 2.42. The molecule has 2 rings (SSSR count). The maximum absolute atomic E-state index is 11.7. The number of hydrogen-bond acceptors (Lipinski definition) is 4. The van der Waals surface area contributed by atoms with Crippen molar-refractivity contribution in [1.82, 2.24) is 10.2 Å². The van der Waals surface area contributed by atoms with Gasteiger partial charge >= 0.3 is 0 Å². The van der Waals surface area contributed by atoms with E-state index in [0.29, 0.717) is 28.0 Å². The Balaban J connectivity index is 1.90. The van der Waals surface area contributed by atoms with Crippen LogP contribution in [0.15, 0.2) is 24.3 Å². The number of nitrogens with zero attached hydrogens (tertiary/aromatic N) is 1. The molecule has 0 saturated carbocycles. The fraction of sp³-hybridized carbons (Fsp3) is 0.167. The zero-order valence-corrected chi connectivity index (χ0v) is 11.0. The molecule has 0 radical (unpaired) electrons. The van der Waals surface area contributed by atoms with Gasteiger partial charge in [0.15, 0.2) is 12.4 Å². The number of halogens is 1. The quantitative estimate of drug-likeness (QED) is 0.798. The van der Waals surface area contributed by atoms with Gasteiger partial charge in [-0.15, -0.1) is 0 Å². The molecule has 1 amide bonds. The van der Waals surface area contributed by atoms with Crippen LogP contribution in [-0.4, -0.2) is 22.7 Å². The summed E-state index contributed by atoms with van der Waals surface area (Å²) in [6.45, 7) is 1.62. The molecule has 0 fully saturated rings. The smallest absolute Gasteiger partial charge is 0.263 e. The number of nitrogens with one attached hydrogen (secondary N) is 2. The SMILES string of the molecule is Cc1[nH]nc(NC(=O)COc2cccc(Cl)c2)c1N. The minimum Gasteiger partial charge on any atom is -0.484 e. The fourth-order valence-electron chi connectivity index (χ4n) is 1.41. The molecule has 0 saturated heterocycles. The number of aromatic nitrogens is 2. The summed E-state index contributed by atoms with van der Waals surface area (Å²) in [4.78, 5) is 11.7. The van der Waals surface area contributed by atoms with Gasteiger partial charge in [0.25, 0.3) is 5.91 Å². The third-order valence-corrected chi connectivity index (χ3v) is 2.65. The number of carbonyl (C=O) groups excluding carboxylic acids is 1.